The Morgan fingerprint density at radius 2 is 1.74 bits per heavy atom. The molecule has 2 aromatic carbocycles. The van der Waals surface area contributed by atoms with Gasteiger partial charge in [0.05, 0.1) is 5.39 Å². The Balaban J connectivity index is 1.66. The number of Topliss-reactive ketones (excluding diaryl/α,β-unsaturated/α-hetero) is 1. The first kappa shape index (κ1) is 18.2. The molecule has 0 saturated carbocycles. The molecule has 3 aromatic rings. The fourth-order valence-electron chi connectivity index (χ4n) is 2.31. The lowest BCUT2D eigenvalue weighted by Gasteiger charge is -2.06. The fourth-order valence-corrected chi connectivity index (χ4v) is 2.31. The average molecular weight is 374 g/mol. The van der Waals surface area contributed by atoms with Gasteiger partial charge in [0.1, 0.15) is 11.3 Å². The van der Waals surface area contributed by atoms with E-state index >= 15 is 0 Å². The van der Waals surface area contributed by atoms with E-state index in [9.17, 15) is 23.2 Å². The van der Waals surface area contributed by atoms with Gasteiger partial charge < -0.3 is 13.9 Å². The quantitative estimate of drug-likeness (QED) is 0.486. The second-order valence-electron chi connectivity index (χ2n) is 5.37. The number of carbonyl (C=O) groups excluding carboxylic acids is 2. The van der Waals surface area contributed by atoms with E-state index in [0.29, 0.717) is 5.39 Å². The molecule has 0 radical (unpaired) electrons. The molecular weight excluding hydrogens is 362 g/mol. The lowest BCUT2D eigenvalue weighted by atomic mass is 10.1. The number of ether oxygens (including phenoxy) is 2. The Morgan fingerprint density at radius 3 is 2.44 bits per heavy atom. The molecule has 0 aliphatic carbocycles. The molecule has 0 saturated heterocycles. The van der Waals surface area contributed by atoms with Crippen molar-refractivity contribution in [1.29, 1.82) is 0 Å². The number of rotatable bonds is 6. The summed E-state index contributed by atoms with van der Waals surface area (Å²) >= 11 is 0. The van der Waals surface area contributed by atoms with Crippen molar-refractivity contribution < 1.29 is 32.3 Å². The fraction of sp³-hybridized carbons (Fsp3) is 0.105. The van der Waals surface area contributed by atoms with Gasteiger partial charge in [-0.15, -0.1) is 0 Å². The molecule has 0 amide bonds. The van der Waals surface area contributed by atoms with E-state index in [-0.39, 0.29) is 22.7 Å². The van der Waals surface area contributed by atoms with Gasteiger partial charge in [-0.25, -0.2) is 4.79 Å². The van der Waals surface area contributed by atoms with E-state index in [1.54, 1.807) is 18.2 Å². The smallest absolute Gasteiger partial charge is 0.387 e. The highest BCUT2D eigenvalue weighted by Gasteiger charge is 2.16. The second-order valence-corrected chi connectivity index (χ2v) is 5.37. The van der Waals surface area contributed by atoms with E-state index < -0.39 is 30.4 Å². The number of alkyl halides is 2. The number of carbonyl (C=O) groups is 2. The molecule has 0 aliphatic rings. The zero-order valence-electron chi connectivity index (χ0n) is 13.7. The van der Waals surface area contributed by atoms with Gasteiger partial charge in [0.2, 0.25) is 5.76 Å². The predicted octanol–water partition coefficient (Wildman–Crippen LogP) is 3.43. The van der Waals surface area contributed by atoms with Gasteiger partial charge in [-0.05, 0) is 36.4 Å². The Hall–Kier alpha value is -3.55. The second kappa shape index (κ2) is 7.77. The van der Waals surface area contributed by atoms with Crippen molar-refractivity contribution >= 4 is 22.7 Å². The molecule has 8 heteroatoms. The Bertz CT molecular complexity index is 1040. The first-order chi connectivity index (χ1) is 12.9. The molecule has 27 heavy (non-hydrogen) atoms. The van der Waals surface area contributed by atoms with Crippen LogP contribution < -0.4 is 10.2 Å². The van der Waals surface area contributed by atoms with Gasteiger partial charge >= 0.3 is 12.6 Å². The number of esters is 1. The monoisotopic (exact) mass is 374 g/mol. The molecule has 3 rings (SSSR count). The number of ketones is 1. The van der Waals surface area contributed by atoms with E-state index in [1.165, 1.54) is 30.3 Å². The highest BCUT2D eigenvalue weighted by molar-refractivity contribution is 5.99. The number of fused-ring (bicyclic) bond motifs is 1. The van der Waals surface area contributed by atoms with Gasteiger partial charge in [0.25, 0.3) is 0 Å². The Kier molecular flexibility index (Phi) is 5.25. The van der Waals surface area contributed by atoms with Gasteiger partial charge in [-0.2, -0.15) is 8.78 Å². The van der Waals surface area contributed by atoms with Gasteiger partial charge in [-0.1, -0.05) is 12.1 Å². The zero-order chi connectivity index (χ0) is 19.4. The summed E-state index contributed by atoms with van der Waals surface area (Å²) in [5.74, 6) is -1.96. The summed E-state index contributed by atoms with van der Waals surface area (Å²) in [5, 5.41) is 0.316. The summed E-state index contributed by atoms with van der Waals surface area (Å²) < 4.78 is 38.6. The molecule has 0 atom stereocenters. The summed E-state index contributed by atoms with van der Waals surface area (Å²) in [5.41, 5.74) is -0.0491. The number of para-hydroxylation sites is 1. The van der Waals surface area contributed by atoms with Gasteiger partial charge in [-0.3, -0.25) is 9.59 Å². The van der Waals surface area contributed by atoms with Crippen LogP contribution in [-0.2, 0) is 4.74 Å². The standard InChI is InChI=1S/C19H12F2O6/c20-19(21)26-12-7-5-11(6-8-12)15(23)10-25-18(24)17-9-14(22)13-3-1-2-4-16(13)27-17/h1-9,19H,10H2. The van der Waals surface area contributed by atoms with Crippen molar-refractivity contribution in [1.82, 2.24) is 0 Å². The van der Waals surface area contributed by atoms with Crippen molar-refractivity contribution in [2.75, 3.05) is 6.61 Å². The number of halogens is 2. The lowest BCUT2D eigenvalue weighted by molar-refractivity contribution is -0.0498. The summed E-state index contributed by atoms with van der Waals surface area (Å²) in [6.07, 6.45) is 0. The molecule has 1 aromatic heterocycles. The first-order valence-electron chi connectivity index (χ1n) is 7.72. The summed E-state index contributed by atoms with van der Waals surface area (Å²) in [4.78, 5) is 36.0. The summed E-state index contributed by atoms with van der Waals surface area (Å²) in [6, 6.07) is 12.3. The molecule has 1 heterocycles. The van der Waals surface area contributed by atoms with Crippen LogP contribution in [0.5, 0.6) is 5.75 Å². The highest BCUT2D eigenvalue weighted by atomic mass is 19.3. The Morgan fingerprint density at radius 1 is 1.04 bits per heavy atom. The predicted molar refractivity (Wildman–Crippen MR) is 90.2 cm³/mol. The van der Waals surface area contributed by atoms with Crippen LogP contribution in [0.2, 0.25) is 0 Å². The number of hydrogen-bond acceptors (Lipinski definition) is 6. The summed E-state index contributed by atoms with van der Waals surface area (Å²) in [6.45, 7) is -3.58. The Labute approximate surface area is 150 Å². The maximum absolute atomic E-state index is 12.1. The van der Waals surface area contributed by atoms with Crippen LogP contribution in [0.4, 0.5) is 8.78 Å². The minimum absolute atomic E-state index is 0.100. The van der Waals surface area contributed by atoms with Crippen molar-refractivity contribution in [3.8, 4) is 5.75 Å². The molecule has 0 unspecified atom stereocenters. The van der Waals surface area contributed by atoms with Crippen LogP contribution in [0.25, 0.3) is 11.0 Å². The maximum Gasteiger partial charge on any atom is 0.387 e. The molecule has 0 fully saturated rings. The molecule has 0 spiro atoms. The molecule has 0 N–H and O–H groups in total. The molecular formula is C19H12F2O6. The van der Waals surface area contributed by atoms with Crippen molar-refractivity contribution in [3.05, 3.63) is 76.1 Å². The molecule has 138 valence electrons. The van der Waals surface area contributed by atoms with Crippen LogP contribution >= 0.6 is 0 Å². The maximum atomic E-state index is 12.1. The van der Waals surface area contributed by atoms with Crippen molar-refractivity contribution in [3.63, 3.8) is 0 Å². The van der Waals surface area contributed by atoms with Crippen LogP contribution in [0.3, 0.4) is 0 Å². The lowest BCUT2D eigenvalue weighted by Crippen LogP contribution is -2.16. The van der Waals surface area contributed by atoms with Crippen LogP contribution in [-0.4, -0.2) is 25.0 Å². The van der Waals surface area contributed by atoms with E-state index in [0.717, 1.165) is 6.07 Å². The molecule has 6 nitrogen and oxygen atoms in total. The zero-order valence-corrected chi connectivity index (χ0v) is 13.7. The molecule has 0 aliphatic heterocycles. The third kappa shape index (κ3) is 4.35. The molecule has 0 bridgehead atoms. The average Bonchev–Trinajstić information content (AvgIpc) is 2.66. The van der Waals surface area contributed by atoms with Crippen LogP contribution in [0, 0.1) is 0 Å². The van der Waals surface area contributed by atoms with Crippen molar-refractivity contribution in [2.45, 2.75) is 6.61 Å². The van der Waals surface area contributed by atoms with E-state index in [4.69, 9.17) is 9.15 Å². The van der Waals surface area contributed by atoms with Crippen LogP contribution in [0.15, 0.2) is 63.8 Å². The largest absolute Gasteiger partial charge is 0.451 e. The first-order valence-corrected chi connectivity index (χ1v) is 7.72. The minimum Gasteiger partial charge on any atom is -0.451 e. The van der Waals surface area contributed by atoms with E-state index in [2.05, 4.69) is 4.74 Å². The minimum atomic E-state index is -2.97. The third-order valence-corrected chi connectivity index (χ3v) is 3.57. The highest BCUT2D eigenvalue weighted by Crippen LogP contribution is 2.16. The number of benzene rings is 2. The third-order valence-electron chi connectivity index (χ3n) is 3.57. The topological polar surface area (TPSA) is 82.8 Å². The summed E-state index contributed by atoms with van der Waals surface area (Å²) in [7, 11) is 0. The van der Waals surface area contributed by atoms with Gasteiger partial charge in [0.15, 0.2) is 17.8 Å². The van der Waals surface area contributed by atoms with Gasteiger partial charge in [0, 0.05) is 11.6 Å². The SMILES string of the molecule is O=C(COC(=O)c1cc(=O)c2ccccc2o1)c1ccc(OC(F)F)cc1. The number of hydrogen-bond donors (Lipinski definition) is 0. The van der Waals surface area contributed by atoms with Crippen LogP contribution in [0.1, 0.15) is 20.9 Å². The normalized spacial score (nSPS) is 10.8. The van der Waals surface area contributed by atoms with E-state index in [1.807, 2.05) is 0 Å². The van der Waals surface area contributed by atoms with Crippen molar-refractivity contribution in [2.24, 2.45) is 0 Å².